The SMILES string of the molecule is COc1cc(N)cc(Cl)c1NC(=O)c1ccccc1Cl. The molecule has 0 aliphatic rings. The van der Waals surface area contributed by atoms with E-state index in [4.69, 9.17) is 33.7 Å². The van der Waals surface area contributed by atoms with E-state index in [-0.39, 0.29) is 5.91 Å². The summed E-state index contributed by atoms with van der Waals surface area (Å²) in [4.78, 5) is 12.2. The van der Waals surface area contributed by atoms with Gasteiger partial charge in [-0.05, 0) is 18.2 Å². The minimum Gasteiger partial charge on any atom is -0.494 e. The van der Waals surface area contributed by atoms with Gasteiger partial charge in [-0.3, -0.25) is 4.79 Å². The molecular weight excluding hydrogens is 299 g/mol. The lowest BCUT2D eigenvalue weighted by atomic mass is 10.2. The van der Waals surface area contributed by atoms with Crippen LogP contribution >= 0.6 is 23.2 Å². The number of carbonyl (C=O) groups is 1. The molecule has 0 radical (unpaired) electrons. The van der Waals surface area contributed by atoms with Gasteiger partial charge in [0.2, 0.25) is 0 Å². The summed E-state index contributed by atoms with van der Waals surface area (Å²) in [6.07, 6.45) is 0. The molecule has 6 heteroatoms. The quantitative estimate of drug-likeness (QED) is 0.847. The molecule has 2 aromatic carbocycles. The van der Waals surface area contributed by atoms with E-state index in [1.165, 1.54) is 13.2 Å². The van der Waals surface area contributed by atoms with Crippen molar-refractivity contribution in [1.82, 2.24) is 0 Å². The first-order valence-electron chi connectivity index (χ1n) is 5.72. The molecule has 2 aromatic rings. The fraction of sp³-hybridized carbons (Fsp3) is 0.0714. The van der Waals surface area contributed by atoms with E-state index in [0.29, 0.717) is 32.7 Å². The van der Waals surface area contributed by atoms with Crippen molar-refractivity contribution in [2.75, 3.05) is 18.2 Å². The Kier molecular flexibility index (Phi) is 4.37. The number of anilines is 2. The van der Waals surface area contributed by atoms with E-state index in [9.17, 15) is 4.79 Å². The Balaban J connectivity index is 2.35. The highest BCUT2D eigenvalue weighted by Crippen LogP contribution is 2.35. The number of halogens is 2. The monoisotopic (exact) mass is 310 g/mol. The molecule has 0 heterocycles. The summed E-state index contributed by atoms with van der Waals surface area (Å²) in [5, 5.41) is 3.33. The van der Waals surface area contributed by atoms with E-state index in [1.54, 1.807) is 30.3 Å². The fourth-order valence-corrected chi connectivity index (χ4v) is 2.20. The molecule has 4 nitrogen and oxygen atoms in total. The first-order valence-corrected chi connectivity index (χ1v) is 6.47. The smallest absolute Gasteiger partial charge is 0.257 e. The number of methoxy groups -OCH3 is 1. The first kappa shape index (κ1) is 14.5. The number of carbonyl (C=O) groups excluding carboxylic acids is 1. The van der Waals surface area contributed by atoms with E-state index in [2.05, 4.69) is 5.32 Å². The number of nitrogens with one attached hydrogen (secondary N) is 1. The maximum atomic E-state index is 12.2. The highest BCUT2D eigenvalue weighted by Gasteiger charge is 2.15. The Bertz CT molecular complexity index is 660. The third-order valence-electron chi connectivity index (χ3n) is 2.65. The van der Waals surface area contributed by atoms with Crippen LogP contribution < -0.4 is 15.8 Å². The maximum absolute atomic E-state index is 12.2. The van der Waals surface area contributed by atoms with Crippen molar-refractivity contribution >= 4 is 40.5 Å². The second-order valence-corrected chi connectivity index (χ2v) is 4.83. The van der Waals surface area contributed by atoms with Crippen molar-refractivity contribution in [3.63, 3.8) is 0 Å². The predicted octanol–water partition coefficient (Wildman–Crippen LogP) is 3.84. The van der Waals surface area contributed by atoms with Crippen LogP contribution in [-0.2, 0) is 0 Å². The molecule has 0 unspecified atom stereocenters. The minimum absolute atomic E-state index is 0.294. The number of benzene rings is 2. The van der Waals surface area contributed by atoms with Crippen LogP contribution in [-0.4, -0.2) is 13.0 Å². The van der Waals surface area contributed by atoms with Crippen molar-refractivity contribution in [3.8, 4) is 5.75 Å². The number of nitrogen functional groups attached to an aromatic ring is 1. The molecule has 0 bridgehead atoms. The lowest BCUT2D eigenvalue weighted by molar-refractivity contribution is 0.102. The normalized spacial score (nSPS) is 10.2. The molecule has 1 amide bonds. The van der Waals surface area contributed by atoms with Gasteiger partial charge in [-0.2, -0.15) is 0 Å². The Morgan fingerprint density at radius 3 is 2.55 bits per heavy atom. The Morgan fingerprint density at radius 2 is 1.90 bits per heavy atom. The van der Waals surface area contributed by atoms with Gasteiger partial charge in [0.05, 0.1) is 22.7 Å². The highest BCUT2D eigenvalue weighted by atomic mass is 35.5. The molecule has 0 atom stereocenters. The van der Waals surface area contributed by atoms with Crippen LogP contribution in [0.5, 0.6) is 5.75 Å². The first-order chi connectivity index (χ1) is 9.52. The van der Waals surface area contributed by atoms with Gasteiger partial charge in [-0.25, -0.2) is 0 Å². The molecule has 2 rings (SSSR count). The minimum atomic E-state index is -0.374. The molecule has 0 aliphatic heterocycles. The number of hydrogen-bond acceptors (Lipinski definition) is 3. The van der Waals surface area contributed by atoms with E-state index in [0.717, 1.165) is 0 Å². The second kappa shape index (κ2) is 6.03. The Labute approximate surface area is 126 Å². The van der Waals surface area contributed by atoms with E-state index in [1.807, 2.05) is 0 Å². The van der Waals surface area contributed by atoms with Crippen LogP contribution in [0.2, 0.25) is 10.0 Å². The molecule has 20 heavy (non-hydrogen) atoms. The molecule has 0 saturated heterocycles. The molecule has 0 saturated carbocycles. The number of hydrogen-bond donors (Lipinski definition) is 2. The topological polar surface area (TPSA) is 64.3 Å². The van der Waals surface area contributed by atoms with Crippen LogP contribution in [0, 0.1) is 0 Å². The van der Waals surface area contributed by atoms with Gasteiger partial charge < -0.3 is 15.8 Å². The third kappa shape index (κ3) is 2.98. The van der Waals surface area contributed by atoms with E-state index < -0.39 is 0 Å². The molecule has 0 spiro atoms. The van der Waals surface area contributed by atoms with Gasteiger partial charge in [0.15, 0.2) is 0 Å². The van der Waals surface area contributed by atoms with Crippen LogP contribution in [0.25, 0.3) is 0 Å². The van der Waals surface area contributed by atoms with Gasteiger partial charge in [-0.15, -0.1) is 0 Å². The largest absolute Gasteiger partial charge is 0.494 e. The van der Waals surface area contributed by atoms with Crippen molar-refractivity contribution < 1.29 is 9.53 Å². The number of nitrogens with two attached hydrogens (primary N) is 1. The van der Waals surface area contributed by atoms with Crippen molar-refractivity contribution in [3.05, 3.63) is 52.0 Å². The standard InChI is InChI=1S/C14H12Cl2N2O2/c1-20-12-7-8(17)6-11(16)13(12)18-14(19)9-4-2-3-5-10(9)15/h2-7H,17H2,1H3,(H,18,19). The summed E-state index contributed by atoms with van der Waals surface area (Å²) in [6.45, 7) is 0. The second-order valence-electron chi connectivity index (χ2n) is 4.01. The summed E-state index contributed by atoms with van der Waals surface area (Å²) in [5.41, 5.74) is 6.82. The summed E-state index contributed by atoms with van der Waals surface area (Å²) >= 11 is 12.1. The third-order valence-corrected chi connectivity index (χ3v) is 3.28. The average molecular weight is 311 g/mol. The van der Waals surface area contributed by atoms with E-state index >= 15 is 0 Å². The summed E-state index contributed by atoms with van der Waals surface area (Å²) in [7, 11) is 1.47. The van der Waals surface area contributed by atoms with Crippen LogP contribution in [0.15, 0.2) is 36.4 Å². The summed E-state index contributed by atoms with van der Waals surface area (Å²) in [6, 6.07) is 9.84. The lowest BCUT2D eigenvalue weighted by Gasteiger charge is -2.13. The van der Waals surface area contributed by atoms with Gasteiger partial charge in [0.1, 0.15) is 11.4 Å². The zero-order chi connectivity index (χ0) is 14.7. The average Bonchev–Trinajstić information content (AvgIpc) is 2.41. The molecule has 0 aliphatic carbocycles. The molecule has 0 fully saturated rings. The van der Waals surface area contributed by atoms with Crippen molar-refractivity contribution in [2.24, 2.45) is 0 Å². The van der Waals surface area contributed by atoms with Crippen LogP contribution in [0.3, 0.4) is 0 Å². The van der Waals surface area contributed by atoms with Crippen molar-refractivity contribution in [1.29, 1.82) is 0 Å². The Hall–Kier alpha value is -1.91. The summed E-state index contributed by atoms with van der Waals surface area (Å²) in [5.74, 6) is 0.0102. The zero-order valence-electron chi connectivity index (χ0n) is 10.6. The molecule has 0 aromatic heterocycles. The fourth-order valence-electron chi connectivity index (χ4n) is 1.71. The van der Waals surface area contributed by atoms with Gasteiger partial charge >= 0.3 is 0 Å². The Morgan fingerprint density at radius 1 is 1.20 bits per heavy atom. The maximum Gasteiger partial charge on any atom is 0.257 e. The molecule has 3 N–H and O–H groups in total. The van der Waals surface area contributed by atoms with Gasteiger partial charge in [-0.1, -0.05) is 35.3 Å². The van der Waals surface area contributed by atoms with Crippen LogP contribution in [0.4, 0.5) is 11.4 Å². The van der Waals surface area contributed by atoms with Gasteiger partial charge in [0.25, 0.3) is 5.91 Å². The lowest BCUT2D eigenvalue weighted by Crippen LogP contribution is -2.13. The zero-order valence-corrected chi connectivity index (χ0v) is 12.1. The molecule has 104 valence electrons. The van der Waals surface area contributed by atoms with Crippen molar-refractivity contribution in [2.45, 2.75) is 0 Å². The summed E-state index contributed by atoms with van der Waals surface area (Å²) < 4.78 is 5.16. The highest BCUT2D eigenvalue weighted by molar-refractivity contribution is 6.36. The number of rotatable bonds is 3. The van der Waals surface area contributed by atoms with Crippen LogP contribution in [0.1, 0.15) is 10.4 Å². The number of amides is 1. The van der Waals surface area contributed by atoms with Gasteiger partial charge in [0, 0.05) is 11.8 Å². The predicted molar refractivity (Wildman–Crippen MR) is 81.8 cm³/mol. The number of ether oxygens (including phenoxy) is 1. The molecular formula is C14H12Cl2N2O2.